The summed E-state index contributed by atoms with van der Waals surface area (Å²) in [5.41, 5.74) is 6.06. The van der Waals surface area contributed by atoms with Crippen LogP contribution in [0.5, 0.6) is 0 Å². The van der Waals surface area contributed by atoms with Crippen molar-refractivity contribution in [1.29, 1.82) is 0 Å². The average molecular weight is 429 g/mol. The summed E-state index contributed by atoms with van der Waals surface area (Å²) in [4.78, 5) is 0. The van der Waals surface area contributed by atoms with Gasteiger partial charge in [-0.1, -0.05) is 30.3 Å². The van der Waals surface area contributed by atoms with Crippen LogP contribution < -0.4 is 5.32 Å². The Balaban J connectivity index is 1.94. The maximum atomic E-state index is 5.03. The van der Waals surface area contributed by atoms with Crippen molar-refractivity contribution in [3.8, 4) is 16.9 Å². The molecule has 0 saturated carbocycles. The van der Waals surface area contributed by atoms with Crippen LogP contribution in [-0.2, 0) is 6.42 Å². The van der Waals surface area contributed by atoms with Crippen molar-refractivity contribution in [1.82, 2.24) is 9.78 Å². The first kappa shape index (κ1) is 15.7. The van der Waals surface area contributed by atoms with Gasteiger partial charge in [-0.2, -0.15) is 5.10 Å². The van der Waals surface area contributed by atoms with Gasteiger partial charge in [0, 0.05) is 21.2 Å². The molecule has 3 nitrogen and oxygen atoms in total. The van der Waals surface area contributed by atoms with Crippen molar-refractivity contribution in [2.45, 2.75) is 26.2 Å². The van der Waals surface area contributed by atoms with Gasteiger partial charge < -0.3 is 5.32 Å². The molecule has 0 bridgehead atoms. The van der Waals surface area contributed by atoms with E-state index in [-0.39, 0.29) is 0 Å². The normalized spacial score (nSPS) is 13.9. The highest BCUT2D eigenvalue weighted by atomic mass is 127. The fraction of sp³-hybridized carbons (Fsp3) is 0.250. The molecule has 0 atom stereocenters. The van der Waals surface area contributed by atoms with E-state index in [1.54, 1.807) is 0 Å². The number of benzene rings is 2. The van der Waals surface area contributed by atoms with E-state index >= 15 is 0 Å². The summed E-state index contributed by atoms with van der Waals surface area (Å²) in [6, 6.07) is 17.1. The molecule has 2 heterocycles. The zero-order valence-electron chi connectivity index (χ0n) is 13.7. The molecule has 0 spiro atoms. The van der Waals surface area contributed by atoms with Crippen molar-refractivity contribution < 1.29 is 0 Å². The van der Waals surface area contributed by atoms with E-state index in [1.807, 2.05) is 0 Å². The monoisotopic (exact) mass is 429 g/mol. The Kier molecular flexibility index (Phi) is 4.31. The smallest absolute Gasteiger partial charge is 0.133 e. The van der Waals surface area contributed by atoms with E-state index in [9.17, 15) is 0 Å². The minimum absolute atomic E-state index is 1.01. The predicted molar refractivity (Wildman–Crippen MR) is 108 cm³/mol. The largest absolute Gasteiger partial charge is 0.370 e. The third-order valence-corrected chi connectivity index (χ3v) is 5.45. The van der Waals surface area contributed by atoms with Gasteiger partial charge >= 0.3 is 0 Å². The zero-order chi connectivity index (χ0) is 16.5. The quantitative estimate of drug-likeness (QED) is 0.568. The number of fused-ring (bicyclic) bond motifs is 1. The predicted octanol–water partition coefficient (Wildman–Crippen LogP) is 5.20. The Morgan fingerprint density at radius 2 is 1.96 bits per heavy atom. The van der Waals surface area contributed by atoms with Gasteiger partial charge in [-0.25, -0.2) is 4.68 Å². The van der Waals surface area contributed by atoms with Crippen molar-refractivity contribution in [2.24, 2.45) is 0 Å². The molecule has 1 aliphatic heterocycles. The van der Waals surface area contributed by atoms with E-state index in [0.717, 1.165) is 30.2 Å². The molecule has 1 aromatic heterocycles. The molecular weight excluding hydrogens is 409 g/mol. The number of halogens is 1. The lowest BCUT2D eigenvalue weighted by molar-refractivity contribution is 0.780. The molecule has 122 valence electrons. The van der Waals surface area contributed by atoms with E-state index in [2.05, 4.69) is 88.0 Å². The number of aryl methyl sites for hydroxylation is 1. The maximum absolute atomic E-state index is 5.03. The van der Waals surface area contributed by atoms with Gasteiger partial charge in [-0.15, -0.1) is 0 Å². The topological polar surface area (TPSA) is 29.9 Å². The molecule has 4 rings (SSSR count). The van der Waals surface area contributed by atoms with Crippen molar-refractivity contribution in [3.63, 3.8) is 0 Å². The van der Waals surface area contributed by atoms with Crippen LogP contribution in [0, 0.1) is 10.5 Å². The first-order valence-electron chi connectivity index (χ1n) is 8.42. The Bertz CT molecular complexity index is 882. The number of nitrogens with zero attached hydrogens (tertiary/aromatic N) is 2. The number of aromatic nitrogens is 2. The second-order valence-corrected chi connectivity index (χ2v) is 7.45. The van der Waals surface area contributed by atoms with E-state index in [1.165, 1.54) is 33.1 Å². The van der Waals surface area contributed by atoms with Crippen LogP contribution in [0.4, 0.5) is 5.82 Å². The maximum Gasteiger partial charge on any atom is 0.133 e. The summed E-state index contributed by atoms with van der Waals surface area (Å²) in [5, 5.41) is 8.64. The Hall–Kier alpha value is -1.82. The van der Waals surface area contributed by atoms with Gasteiger partial charge in [0.05, 0.1) is 11.4 Å². The second-order valence-electron chi connectivity index (χ2n) is 6.29. The van der Waals surface area contributed by atoms with Gasteiger partial charge in [0.1, 0.15) is 5.82 Å². The van der Waals surface area contributed by atoms with Crippen LogP contribution in [0.3, 0.4) is 0 Å². The van der Waals surface area contributed by atoms with Gasteiger partial charge in [0.2, 0.25) is 0 Å². The lowest BCUT2D eigenvalue weighted by Crippen LogP contribution is -2.07. The highest BCUT2D eigenvalue weighted by Crippen LogP contribution is 2.35. The minimum Gasteiger partial charge on any atom is -0.370 e. The molecule has 2 aromatic carbocycles. The summed E-state index contributed by atoms with van der Waals surface area (Å²) < 4.78 is 3.34. The van der Waals surface area contributed by atoms with Crippen LogP contribution >= 0.6 is 22.6 Å². The summed E-state index contributed by atoms with van der Waals surface area (Å²) in [7, 11) is 0. The number of anilines is 1. The van der Waals surface area contributed by atoms with Crippen LogP contribution in [0.1, 0.15) is 24.0 Å². The number of nitrogens with one attached hydrogen (secondary N) is 1. The Labute approximate surface area is 156 Å². The third-order valence-electron chi connectivity index (χ3n) is 4.50. The highest BCUT2D eigenvalue weighted by Gasteiger charge is 2.22. The van der Waals surface area contributed by atoms with Crippen molar-refractivity contribution in [2.75, 3.05) is 11.9 Å². The molecule has 4 heteroatoms. The lowest BCUT2D eigenvalue weighted by atomic mass is 10.0. The molecule has 0 unspecified atom stereocenters. The molecule has 0 fully saturated rings. The van der Waals surface area contributed by atoms with Gasteiger partial charge in [0.15, 0.2) is 0 Å². The lowest BCUT2D eigenvalue weighted by Gasteiger charge is -2.09. The number of hydrogen-bond donors (Lipinski definition) is 1. The van der Waals surface area contributed by atoms with E-state index in [4.69, 9.17) is 5.10 Å². The van der Waals surface area contributed by atoms with Crippen molar-refractivity contribution in [3.05, 3.63) is 63.2 Å². The molecule has 0 aliphatic carbocycles. The molecular formula is C20H20IN3. The highest BCUT2D eigenvalue weighted by molar-refractivity contribution is 14.1. The first-order valence-corrected chi connectivity index (χ1v) is 9.49. The summed E-state index contributed by atoms with van der Waals surface area (Å²) >= 11 is 2.41. The molecule has 0 saturated heterocycles. The molecule has 0 radical (unpaired) electrons. The van der Waals surface area contributed by atoms with Gasteiger partial charge in [-0.3, -0.25) is 0 Å². The average Bonchev–Trinajstić information content (AvgIpc) is 2.77. The molecule has 1 aliphatic rings. The standard InChI is InChI=1S/C20H20IN3/c1-14-7-6-8-15(13-14)24-20-17(10-4-5-12-22-20)19(23-24)16-9-2-3-11-18(16)21/h2-3,6-9,11,13,22H,4-5,10,12H2,1H3. The second kappa shape index (κ2) is 6.59. The zero-order valence-corrected chi connectivity index (χ0v) is 15.9. The summed E-state index contributed by atoms with van der Waals surface area (Å²) in [6.45, 7) is 3.13. The number of rotatable bonds is 2. The van der Waals surface area contributed by atoms with Crippen molar-refractivity contribution >= 4 is 28.4 Å². The fourth-order valence-corrected chi connectivity index (χ4v) is 3.96. The summed E-state index contributed by atoms with van der Waals surface area (Å²) in [6.07, 6.45) is 3.48. The molecule has 24 heavy (non-hydrogen) atoms. The van der Waals surface area contributed by atoms with Gasteiger partial charge in [-0.05, 0) is 72.5 Å². The van der Waals surface area contributed by atoms with E-state index < -0.39 is 0 Å². The number of hydrogen-bond acceptors (Lipinski definition) is 2. The van der Waals surface area contributed by atoms with Crippen LogP contribution in [-0.4, -0.2) is 16.3 Å². The van der Waals surface area contributed by atoms with Crippen LogP contribution in [0.15, 0.2) is 48.5 Å². The van der Waals surface area contributed by atoms with Crippen LogP contribution in [0.25, 0.3) is 16.9 Å². The Morgan fingerprint density at radius 3 is 2.79 bits per heavy atom. The Morgan fingerprint density at radius 1 is 1.08 bits per heavy atom. The molecule has 3 aromatic rings. The summed E-state index contributed by atoms with van der Waals surface area (Å²) in [5.74, 6) is 1.16. The third kappa shape index (κ3) is 2.83. The molecule has 0 amide bonds. The van der Waals surface area contributed by atoms with Crippen LogP contribution in [0.2, 0.25) is 0 Å². The van der Waals surface area contributed by atoms with E-state index in [0.29, 0.717) is 0 Å². The van der Waals surface area contributed by atoms with Gasteiger partial charge in [0.25, 0.3) is 0 Å². The first-order chi connectivity index (χ1) is 11.7. The minimum atomic E-state index is 1.01. The molecule has 1 N–H and O–H groups in total. The fourth-order valence-electron chi connectivity index (χ4n) is 3.32. The SMILES string of the molecule is Cc1cccc(-n2nc(-c3ccccc3I)c3c2NCCCC3)c1.